The molecule has 0 bridgehead atoms. The van der Waals surface area contributed by atoms with Crippen LogP contribution >= 0.6 is 0 Å². The third kappa shape index (κ3) is 5.57. The van der Waals surface area contributed by atoms with Gasteiger partial charge in [0.15, 0.2) is 0 Å². The molecule has 0 heterocycles. The lowest BCUT2D eigenvalue weighted by atomic mass is 10.2. The first-order valence-corrected chi connectivity index (χ1v) is 3.28. The van der Waals surface area contributed by atoms with E-state index in [0.29, 0.717) is 13.0 Å². The lowest BCUT2D eigenvalue weighted by Gasteiger charge is -2.00. The summed E-state index contributed by atoms with van der Waals surface area (Å²) in [6.45, 7) is 3.81. The highest BCUT2D eigenvalue weighted by atomic mass is 16.5. The van der Waals surface area contributed by atoms with Crippen LogP contribution < -0.4 is 0 Å². The Morgan fingerprint density at radius 3 is 2.55 bits per heavy atom. The SMILES string of the molecule is C=C(CCOCCO)C(=O)O. The van der Waals surface area contributed by atoms with Crippen LogP contribution in [-0.2, 0) is 9.53 Å². The van der Waals surface area contributed by atoms with Crippen molar-refractivity contribution in [2.45, 2.75) is 6.42 Å². The predicted octanol–water partition coefficient (Wildman–Crippen LogP) is 0.0262. The number of carboxylic acid groups (broad SMARTS) is 1. The Hall–Kier alpha value is -0.870. The average Bonchev–Trinajstić information content (AvgIpc) is 1.97. The summed E-state index contributed by atoms with van der Waals surface area (Å²) < 4.78 is 4.83. The van der Waals surface area contributed by atoms with Crippen LogP contribution in [0, 0.1) is 0 Å². The number of carboxylic acids is 1. The highest BCUT2D eigenvalue weighted by Gasteiger charge is 2.02. The van der Waals surface area contributed by atoms with E-state index in [0.717, 1.165) is 0 Å². The van der Waals surface area contributed by atoms with Gasteiger partial charge in [0.2, 0.25) is 0 Å². The maximum atomic E-state index is 10.2. The van der Waals surface area contributed by atoms with E-state index in [1.807, 2.05) is 0 Å². The Kier molecular flexibility index (Phi) is 5.42. The maximum Gasteiger partial charge on any atom is 0.331 e. The van der Waals surface area contributed by atoms with Crippen molar-refractivity contribution in [3.05, 3.63) is 12.2 Å². The van der Waals surface area contributed by atoms with Gasteiger partial charge in [-0.05, 0) is 0 Å². The molecule has 0 rings (SSSR count). The minimum absolute atomic E-state index is 0.0421. The van der Waals surface area contributed by atoms with Crippen LogP contribution in [0.15, 0.2) is 12.2 Å². The molecule has 0 aliphatic carbocycles. The van der Waals surface area contributed by atoms with Crippen LogP contribution in [0.5, 0.6) is 0 Å². The fourth-order valence-electron chi connectivity index (χ4n) is 0.469. The summed E-state index contributed by atoms with van der Waals surface area (Å²) in [6.07, 6.45) is 0.301. The van der Waals surface area contributed by atoms with E-state index >= 15 is 0 Å². The largest absolute Gasteiger partial charge is 0.478 e. The molecule has 0 saturated heterocycles. The molecule has 0 aliphatic rings. The first-order chi connectivity index (χ1) is 5.18. The topological polar surface area (TPSA) is 66.8 Å². The molecule has 0 aromatic heterocycles. The highest BCUT2D eigenvalue weighted by molar-refractivity contribution is 5.85. The quantitative estimate of drug-likeness (QED) is 0.425. The molecule has 0 unspecified atom stereocenters. The molecule has 64 valence electrons. The van der Waals surface area contributed by atoms with Crippen molar-refractivity contribution in [3.63, 3.8) is 0 Å². The Morgan fingerprint density at radius 1 is 1.45 bits per heavy atom. The number of rotatable bonds is 6. The minimum Gasteiger partial charge on any atom is -0.478 e. The second-order valence-corrected chi connectivity index (χ2v) is 1.99. The second-order valence-electron chi connectivity index (χ2n) is 1.99. The van der Waals surface area contributed by atoms with Gasteiger partial charge in [-0.1, -0.05) is 6.58 Å². The predicted molar refractivity (Wildman–Crippen MR) is 39.3 cm³/mol. The summed E-state index contributed by atoms with van der Waals surface area (Å²) in [5.41, 5.74) is 0.128. The molecular weight excluding hydrogens is 148 g/mol. The number of hydrogen-bond donors (Lipinski definition) is 2. The van der Waals surface area contributed by atoms with Crippen LogP contribution in [-0.4, -0.2) is 36.0 Å². The molecule has 0 spiro atoms. The van der Waals surface area contributed by atoms with Crippen molar-refractivity contribution in [2.24, 2.45) is 0 Å². The molecule has 0 atom stereocenters. The molecule has 0 amide bonds. The standard InChI is InChI=1S/C7H12O4/c1-6(7(9)10)2-4-11-5-3-8/h8H,1-5H2,(H,9,10). The molecule has 0 fully saturated rings. The Bertz CT molecular complexity index is 141. The summed E-state index contributed by atoms with van der Waals surface area (Å²) >= 11 is 0. The van der Waals surface area contributed by atoms with Gasteiger partial charge in [0.05, 0.1) is 19.8 Å². The minimum atomic E-state index is -1.00. The van der Waals surface area contributed by atoms with Crippen molar-refractivity contribution in [1.82, 2.24) is 0 Å². The van der Waals surface area contributed by atoms with Gasteiger partial charge in [-0.15, -0.1) is 0 Å². The van der Waals surface area contributed by atoms with Gasteiger partial charge in [-0.3, -0.25) is 0 Å². The van der Waals surface area contributed by atoms with Gasteiger partial charge in [0, 0.05) is 12.0 Å². The molecule has 4 heteroatoms. The molecule has 2 N–H and O–H groups in total. The van der Waals surface area contributed by atoms with Crippen LogP contribution in [0.2, 0.25) is 0 Å². The normalized spacial score (nSPS) is 9.55. The zero-order chi connectivity index (χ0) is 8.69. The van der Waals surface area contributed by atoms with Crippen molar-refractivity contribution in [2.75, 3.05) is 19.8 Å². The summed E-state index contributed by atoms with van der Waals surface area (Å²) in [7, 11) is 0. The van der Waals surface area contributed by atoms with Gasteiger partial charge in [0.25, 0.3) is 0 Å². The zero-order valence-corrected chi connectivity index (χ0v) is 6.25. The highest BCUT2D eigenvalue weighted by Crippen LogP contribution is 1.97. The number of ether oxygens (including phenoxy) is 1. The lowest BCUT2D eigenvalue weighted by molar-refractivity contribution is -0.132. The Labute approximate surface area is 65.1 Å². The Balaban J connectivity index is 3.25. The first kappa shape index (κ1) is 10.1. The van der Waals surface area contributed by atoms with Gasteiger partial charge in [-0.25, -0.2) is 4.79 Å². The number of aliphatic hydroxyl groups is 1. The third-order valence-electron chi connectivity index (χ3n) is 1.09. The number of aliphatic carboxylic acids is 1. The molecule has 11 heavy (non-hydrogen) atoms. The van der Waals surface area contributed by atoms with Crippen molar-refractivity contribution < 1.29 is 19.7 Å². The van der Waals surface area contributed by atoms with E-state index in [1.165, 1.54) is 0 Å². The fourth-order valence-corrected chi connectivity index (χ4v) is 0.469. The van der Waals surface area contributed by atoms with Gasteiger partial charge in [0.1, 0.15) is 0 Å². The van der Waals surface area contributed by atoms with Crippen LogP contribution in [0.1, 0.15) is 6.42 Å². The van der Waals surface area contributed by atoms with E-state index in [4.69, 9.17) is 14.9 Å². The molecular formula is C7H12O4. The molecule has 0 aromatic carbocycles. The number of hydrogen-bond acceptors (Lipinski definition) is 3. The van der Waals surface area contributed by atoms with Crippen molar-refractivity contribution in [3.8, 4) is 0 Å². The van der Waals surface area contributed by atoms with Crippen LogP contribution in [0.25, 0.3) is 0 Å². The monoisotopic (exact) mass is 160 g/mol. The zero-order valence-electron chi connectivity index (χ0n) is 6.25. The third-order valence-corrected chi connectivity index (χ3v) is 1.09. The smallest absolute Gasteiger partial charge is 0.331 e. The molecule has 0 aliphatic heterocycles. The average molecular weight is 160 g/mol. The molecule has 0 saturated carbocycles. The summed E-state index contributed by atoms with van der Waals surface area (Å²) in [6, 6.07) is 0. The molecule has 0 radical (unpaired) electrons. The summed E-state index contributed by atoms with van der Waals surface area (Å²) in [4.78, 5) is 10.2. The van der Waals surface area contributed by atoms with Crippen LogP contribution in [0.4, 0.5) is 0 Å². The first-order valence-electron chi connectivity index (χ1n) is 3.28. The summed E-state index contributed by atoms with van der Waals surface area (Å²) in [5, 5.41) is 16.6. The van der Waals surface area contributed by atoms with E-state index in [2.05, 4.69) is 6.58 Å². The molecule has 4 nitrogen and oxygen atoms in total. The van der Waals surface area contributed by atoms with Crippen molar-refractivity contribution in [1.29, 1.82) is 0 Å². The Morgan fingerprint density at radius 2 is 2.09 bits per heavy atom. The van der Waals surface area contributed by atoms with E-state index < -0.39 is 5.97 Å². The van der Waals surface area contributed by atoms with E-state index in [9.17, 15) is 4.79 Å². The van der Waals surface area contributed by atoms with E-state index in [1.54, 1.807) is 0 Å². The lowest BCUT2D eigenvalue weighted by Crippen LogP contribution is -2.05. The van der Waals surface area contributed by atoms with Crippen molar-refractivity contribution >= 4 is 5.97 Å². The second kappa shape index (κ2) is 5.88. The van der Waals surface area contributed by atoms with Gasteiger partial charge >= 0.3 is 5.97 Å². The van der Waals surface area contributed by atoms with E-state index in [-0.39, 0.29) is 18.8 Å². The van der Waals surface area contributed by atoms with Gasteiger partial charge < -0.3 is 14.9 Å². The fraction of sp³-hybridized carbons (Fsp3) is 0.571. The van der Waals surface area contributed by atoms with Crippen LogP contribution in [0.3, 0.4) is 0 Å². The summed E-state index contributed by atoms with van der Waals surface area (Å²) in [5.74, 6) is -1.00. The number of carbonyl (C=O) groups is 1. The number of aliphatic hydroxyl groups excluding tert-OH is 1. The van der Waals surface area contributed by atoms with Gasteiger partial charge in [-0.2, -0.15) is 0 Å². The molecule has 0 aromatic rings. The maximum absolute atomic E-state index is 10.2.